The van der Waals surface area contributed by atoms with Crippen molar-refractivity contribution in [3.05, 3.63) is 35.4 Å². The van der Waals surface area contributed by atoms with E-state index in [4.69, 9.17) is 5.26 Å². The topological polar surface area (TPSA) is 90.2 Å². The van der Waals surface area contributed by atoms with E-state index in [0.29, 0.717) is 16.9 Å². The van der Waals surface area contributed by atoms with Crippen LogP contribution in [0.2, 0.25) is 0 Å². The zero-order chi connectivity index (χ0) is 15.2. The smallest absolute Gasteiger partial charge is 0.215 e. The minimum atomic E-state index is -3.59. The Labute approximate surface area is 124 Å². The number of thioether (sulfide) groups is 1. The summed E-state index contributed by atoms with van der Waals surface area (Å²) in [6.45, 7) is 1.53. The first-order valence-corrected chi connectivity index (χ1v) is 9.01. The number of hydrogen-bond acceptors (Lipinski definition) is 5. The van der Waals surface area contributed by atoms with Gasteiger partial charge >= 0.3 is 0 Å². The van der Waals surface area contributed by atoms with Gasteiger partial charge in [0.15, 0.2) is 0 Å². The Morgan fingerprint density at radius 3 is 2.70 bits per heavy atom. The van der Waals surface area contributed by atoms with Crippen LogP contribution in [0.15, 0.2) is 24.3 Å². The van der Waals surface area contributed by atoms with Crippen molar-refractivity contribution in [2.75, 3.05) is 18.6 Å². The molecule has 7 heteroatoms. The summed E-state index contributed by atoms with van der Waals surface area (Å²) >= 11 is 1.44. The molecular formula is C13H18N2O3S2. The summed E-state index contributed by atoms with van der Waals surface area (Å²) in [4.78, 5) is 0. The maximum atomic E-state index is 12.0. The molecule has 0 spiro atoms. The molecule has 0 bridgehead atoms. The molecule has 1 rings (SSSR count). The summed E-state index contributed by atoms with van der Waals surface area (Å²) in [6, 6.07) is 8.53. The lowest BCUT2D eigenvalue weighted by Gasteiger charge is -2.22. The molecule has 1 aromatic carbocycles. The lowest BCUT2D eigenvalue weighted by atomic mass is 10.1. The average Bonchev–Trinajstić information content (AvgIpc) is 2.37. The highest BCUT2D eigenvalue weighted by atomic mass is 32.2. The van der Waals surface area contributed by atoms with E-state index in [-0.39, 0.29) is 12.3 Å². The minimum absolute atomic E-state index is 0.0507. The number of sulfonamides is 1. The zero-order valence-corrected chi connectivity index (χ0v) is 13.1. The maximum absolute atomic E-state index is 12.0. The molecule has 20 heavy (non-hydrogen) atoms. The van der Waals surface area contributed by atoms with E-state index in [9.17, 15) is 13.5 Å². The van der Waals surface area contributed by atoms with Gasteiger partial charge in [-0.2, -0.15) is 17.0 Å². The average molecular weight is 314 g/mol. The van der Waals surface area contributed by atoms with E-state index in [1.807, 2.05) is 12.3 Å². The summed E-state index contributed by atoms with van der Waals surface area (Å²) in [5.41, 5.74) is -0.304. The van der Waals surface area contributed by atoms with Gasteiger partial charge in [-0.05, 0) is 24.8 Å². The highest BCUT2D eigenvalue weighted by Gasteiger charge is 2.23. The van der Waals surface area contributed by atoms with Crippen molar-refractivity contribution < 1.29 is 13.5 Å². The first-order chi connectivity index (χ1) is 9.29. The van der Waals surface area contributed by atoms with Crippen LogP contribution in [0.5, 0.6) is 0 Å². The Balaban J connectivity index is 2.74. The molecule has 0 aliphatic rings. The Morgan fingerprint density at radius 2 is 2.10 bits per heavy atom. The van der Waals surface area contributed by atoms with E-state index in [1.165, 1.54) is 11.8 Å². The van der Waals surface area contributed by atoms with Gasteiger partial charge in [-0.1, -0.05) is 18.2 Å². The molecular weight excluding hydrogens is 296 g/mol. The Bertz CT molecular complexity index is 592. The summed E-state index contributed by atoms with van der Waals surface area (Å²) in [5, 5.41) is 18.9. The second-order valence-corrected chi connectivity index (χ2v) is 7.45. The monoisotopic (exact) mass is 314 g/mol. The number of rotatable bonds is 7. The first kappa shape index (κ1) is 17.0. The predicted molar refractivity (Wildman–Crippen MR) is 80.8 cm³/mol. The third kappa shape index (κ3) is 5.51. The third-order valence-electron chi connectivity index (χ3n) is 2.61. The van der Waals surface area contributed by atoms with E-state index in [0.717, 1.165) is 0 Å². The third-order valence-corrected chi connectivity index (χ3v) is 4.80. The van der Waals surface area contributed by atoms with Gasteiger partial charge in [-0.15, -0.1) is 0 Å². The molecule has 1 aromatic rings. The number of nitriles is 1. The van der Waals surface area contributed by atoms with Crippen molar-refractivity contribution in [3.8, 4) is 6.07 Å². The largest absolute Gasteiger partial charge is 0.388 e. The van der Waals surface area contributed by atoms with Crippen molar-refractivity contribution in [1.29, 1.82) is 5.26 Å². The van der Waals surface area contributed by atoms with Crippen LogP contribution in [0.4, 0.5) is 0 Å². The maximum Gasteiger partial charge on any atom is 0.215 e. The fraction of sp³-hybridized carbons (Fsp3) is 0.462. The second kappa shape index (κ2) is 7.09. The number of benzene rings is 1. The van der Waals surface area contributed by atoms with Crippen molar-refractivity contribution >= 4 is 21.8 Å². The van der Waals surface area contributed by atoms with Gasteiger partial charge < -0.3 is 5.11 Å². The van der Waals surface area contributed by atoms with E-state index >= 15 is 0 Å². The summed E-state index contributed by atoms with van der Waals surface area (Å²) in [7, 11) is -3.59. The van der Waals surface area contributed by atoms with Crippen molar-refractivity contribution in [2.24, 2.45) is 0 Å². The minimum Gasteiger partial charge on any atom is -0.388 e. The highest BCUT2D eigenvalue weighted by molar-refractivity contribution is 7.98. The Morgan fingerprint density at radius 1 is 1.45 bits per heavy atom. The first-order valence-electron chi connectivity index (χ1n) is 5.96. The van der Waals surface area contributed by atoms with Crippen LogP contribution >= 0.6 is 11.8 Å². The number of aliphatic hydroxyl groups is 1. The molecule has 1 unspecified atom stereocenters. The molecule has 110 valence electrons. The lowest BCUT2D eigenvalue weighted by molar-refractivity contribution is 0.0908. The Hall–Kier alpha value is -1.07. The summed E-state index contributed by atoms with van der Waals surface area (Å²) in [6.07, 6.45) is 1.84. The molecule has 0 aliphatic carbocycles. The van der Waals surface area contributed by atoms with Gasteiger partial charge in [0.25, 0.3) is 0 Å². The van der Waals surface area contributed by atoms with Crippen molar-refractivity contribution in [3.63, 3.8) is 0 Å². The van der Waals surface area contributed by atoms with Gasteiger partial charge in [0.1, 0.15) is 0 Å². The van der Waals surface area contributed by atoms with Crippen LogP contribution in [0.25, 0.3) is 0 Å². The Kier molecular flexibility index (Phi) is 6.02. The van der Waals surface area contributed by atoms with Gasteiger partial charge in [-0.3, -0.25) is 0 Å². The molecule has 2 N–H and O–H groups in total. The fourth-order valence-electron chi connectivity index (χ4n) is 1.64. The van der Waals surface area contributed by atoms with Crippen LogP contribution in [0.1, 0.15) is 18.1 Å². The van der Waals surface area contributed by atoms with Crippen LogP contribution in [0.3, 0.4) is 0 Å². The van der Waals surface area contributed by atoms with Crippen LogP contribution in [0, 0.1) is 11.3 Å². The molecule has 0 aliphatic heterocycles. The molecule has 1 atom stereocenters. The van der Waals surface area contributed by atoms with E-state index in [2.05, 4.69) is 4.72 Å². The zero-order valence-electron chi connectivity index (χ0n) is 11.5. The van der Waals surface area contributed by atoms with Crippen LogP contribution < -0.4 is 4.72 Å². The molecule has 0 fully saturated rings. The fourth-order valence-corrected chi connectivity index (χ4v) is 3.66. The SMILES string of the molecule is CSCC(C)(O)CNS(=O)(=O)Cc1ccccc1C#N. The standard InChI is InChI=1S/C13H18N2O3S2/c1-13(16,10-19-2)9-15-20(17,18)8-12-6-4-3-5-11(12)7-14/h3-6,15-16H,8-10H2,1-2H3. The summed E-state index contributed by atoms with van der Waals surface area (Å²) < 4.78 is 26.3. The van der Waals surface area contributed by atoms with Gasteiger partial charge in [-0.25, -0.2) is 13.1 Å². The number of nitrogens with one attached hydrogen (secondary N) is 1. The van der Waals surface area contributed by atoms with Gasteiger partial charge in [0.05, 0.1) is 23.0 Å². The van der Waals surface area contributed by atoms with Gasteiger partial charge in [0, 0.05) is 12.3 Å². The molecule has 0 amide bonds. The highest BCUT2D eigenvalue weighted by Crippen LogP contribution is 2.13. The van der Waals surface area contributed by atoms with Crippen LogP contribution in [-0.2, 0) is 15.8 Å². The van der Waals surface area contributed by atoms with Crippen molar-refractivity contribution in [2.45, 2.75) is 18.3 Å². The van der Waals surface area contributed by atoms with Gasteiger partial charge in [0.2, 0.25) is 10.0 Å². The molecule has 5 nitrogen and oxygen atoms in total. The normalized spacial score (nSPS) is 14.5. The molecule has 0 radical (unpaired) electrons. The van der Waals surface area contributed by atoms with E-state index in [1.54, 1.807) is 31.2 Å². The number of nitrogens with zero attached hydrogens (tertiary/aromatic N) is 1. The quantitative estimate of drug-likeness (QED) is 0.786. The molecule has 0 aromatic heterocycles. The molecule has 0 heterocycles. The second-order valence-electron chi connectivity index (χ2n) is 4.78. The summed E-state index contributed by atoms with van der Waals surface area (Å²) in [5.74, 6) is 0.163. The van der Waals surface area contributed by atoms with Crippen molar-refractivity contribution in [1.82, 2.24) is 4.72 Å². The molecule has 0 saturated heterocycles. The van der Waals surface area contributed by atoms with Crippen LogP contribution in [-0.4, -0.2) is 37.7 Å². The number of hydrogen-bond donors (Lipinski definition) is 2. The molecule has 0 saturated carbocycles. The lowest BCUT2D eigenvalue weighted by Crippen LogP contribution is -2.42. The predicted octanol–water partition coefficient (Wildman–Crippen LogP) is 1.09. The van der Waals surface area contributed by atoms with E-state index < -0.39 is 15.6 Å².